The van der Waals surface area contributed by atoms with Crippen LogP contribution in [0.5, 0.6) is 0 Å². The predicted octanol–water partition coefficient (Wildman–Crippen LogP) is 2.92. The SMILES string of the molecule is O=C(CC1CC2CCC(C1)N2)NCCc1ccc(Cl)cc1. The maximum atomic E-state index is 12.0. The van der Waals surface area contributed by atoms with Crippen LogP contribution in [-0.4, -0.2) is 24.5 Å². The molecule has 2 unspecified atom stereocenters. The Kier molecular flexibility index (Phi) is 4.81. The normalized spacial score (nSPS) is 27.6. The highest BCUT2D eigenvalue weighted by Gasteiger charge is 2.33. The molecule has 2 heterocycles. The van der Waals surface area contributed by atoms with Crippen molar-refractivity contribution < 1.29 is 4.79 Å². The molecule has 2 atom stereocenters. The minimum atomic E-state index is 0.204. The van der Waals surface area contributed by atoms with E-state index in [1.807, 2.05) is 24.3 Å². The first-order chi connectivity index (χ1) is 10.2. The third-order valence-corrected chi connectivity index (χ3v) is 4.95. The molecule has 3 rings (SSSR count). The first-order valence-corrected chi connectivity index (χ1v) is 8.34. The van der Waals surface area contributed by atoms with Crippen molar-refractivity contribution in [2.45, 2.75) is 50.6 Å². The van der Waals surface area contributed by atoms with E-state index in [0.717, 1.165) is 11.4 Å². The maximum Gasteiger partial charge on any atom is 0.220 e. The Morgan fingerprint density at radius 3 is 2.52 bits per heavy atom. The summed E-state index contributed by atoms with van der Waals surface area (Å²) in [6.07, 6.45) is 6.47. The molecule has 2 fully saturated rings. The second-order valence-electron chi connectivity index (χ2n) is 6.41. The zero-order valence-corrected chi connectivity index (χ0v) is 13.0. The van der Waals surface area contributed by atoms with Gasteiger partial charge in [0.1, 0.15) is 0 Å². The summed E-state index contributed by atoms with van der Waals surface area (Å²) >= 11 is 5.86. The zero-order valence-electron chi connectivity index (χ0n) is 12.3. The molecule has 4 heteroatoms. The number of nitrogens with one attached hydrogen (secondary N) is 2. The third-order valence-electron chi connectivity index (χ3n) is 4.69. The molecule has 2 bridgehead atoms. The van der Waals surface area contributed by atoms with Gasteiger partial charge in [0.2, 0.25) is 5.91 Å². The topological polar surface area (TPSA) is 41.1 Å². The molecule has 2 aliphatic rings. The van der Waals surface area contributed by atoms with Crippen molar-refractivity contribution >= 4 is 17.5 Å². The van der Waals surface area contributed by atoms with Gasteiger partial charge in [-0.15, -0.1) is 0 Å². The van der Waals surface area contributed by atoms with E-state index in [4.69, 9.17) is 11.6 Å². The standard InChI is InChI=1S/C17H23ClN2O/c18-14-3-1-12(2-4-14)7-8-19-17(21)11-13-9-15-5-6-16(10-13)20-15/h1-4,13,15-16,20H,5-11H2,(H,19,21). The van der Waals surface area contributed by atoms with Gasteiger partial charge in [-0.25, -0.2) is 0 Å². The van der Waals surface area contributed by atoms with Crippen LogP contribution in [0.2, 0.25) is 5.02 Å². The van der Waals surface area contributed by atoms with Crippen LogP contribution in [0, 0.1) is 5.92 Å². The molecule has 114 valence electrons. The van der Waals surface area contributed by atoms with Crippen LogP contribution in [0.4, 0.5) is 0 Å². The van der Waals surface area contributed by atoms with Gasteiger partial charge < -0.3 is 10.6 Å². The second-order valence-corrected chi connectivity index (χ2v) is 6.84. The number of carbonyl (C=O) groups excluding carboxylic acids is 1. The van der Waals surface area contributed by atoms with Gasteiger partial charge >= 0.3 is 0 Å². The van der Waals surface area contributed by atoms with Crippen LogP contribution in [0.3, 0.4) is 0 Å². The zero-order chi connectivity index (χ0) is 14.7. The van der Waals surface area contributed by atoms with Gasteiger partial charge in [0.25, 0.3) is 0 Å². The van der Waals surface area contributed by atoms with Crippen LogP contribution < -0.4 is 10.6 Å². The van der Waals surface area contributed by atoms with Crippen molar-refractivity contribution in [1.29, 1.82) is 0 Å². The molecule has 3 nitrogen and oxygen atoms in total. The molecular weight excluding hydrogens is 284 g/mol. The molecule has 1 aromatic carbocycles. The van der Waals surface area contributed by atoms with E-state index in [9.17, 15) is 4.79 Å². The number of hydrogen-bond acceptors (Lipinski definition) is 2. The molecular formula is C17H23ClN2O. The Bertz CT molecular complexity index is 476. The Hall–Kier alpha value is -1.06. The molecule has 1 aromatic rings. The summed E-state index contributed by atoms with van der Waals surface area (Å²) in [5, 5.41) is 7.42. The minimum Gasteiger partial charge on any atom is -0.356 e. The van der Waals surface area contributed by atoms with Crippen molar-refractivity contribution in [3.05, 3.63) is 34.9 Å². The molecule has 2 saturated heterocycles. The number of hydrogen-bond donors (Lipinski definition) is 2. The average Bonchev–Trinajstić information content (AvgIpc) is 2.80. The molecule has 21 heavy (non-hydrogen) atoms. The lowest BCUT2D eigenvalue weighted by Crippen LogP contribution is -2.39. The van der Waals surface area contributed by atoms with Gasteiger partial charge in [-0.05, 0) is 55.7 Å². The summed E-state index contributed by atoms with van der Waals surface area (Å²) in [7, 11) is 0. The fourth-order valence-electron chi connectivity index (χ4n) is 3.67. The van der Waals surface area contributed by atoms with E-state index in [1.54, 1.807) is 0 Å². The van der Waals surface area contributed by atoms with Crippen LogP contribution in [0.15, 0.2) is 24.3 Å². The van der Waals surface area contributed by atoms with E-state index in [-0.39, 0.29) is 5.91 Å². The lowest BCUT2D eigenvalue weighted by molar-refractivity contribution is -0.122. The highest BCUT2D eigenvalue weighted by molar-refractivity contribution is 6.30. The number of fused-ring (bicyclic) bond motifs is 2. The summed E-state index contributed by atoms with van der Waals surface area (Å²) in [4.78, 5) is 12.0. The van der Waals surface area contributed by atoms with Gasteiger partial charge in [-0.3, -0.25) is 4.79 Å². The first-order valence-electron chi connectivity index (χ1n) is 7.96. The number of amides is 1. The second kappa shape index (κ2) is 6.80. The summed E-state index contributed by atoms with van der Waals surface area (Å²) in [6.45, 7) is 0.707. The summed E-state index contributed by atoms with van der Waals surface area (Å²) in [5.41, 5.74) is 1.21. The van der Waals surface area contributed by atoms with Crippen LogP contribution in [-0.2, 0) is 11.2 Å². The van der Waals surface area contributed by atoms with Gasteiger partial charge in [0.05, 0.1) is 0 Å². The average molecular weight is 307 g/mol. The molecule has 2 aliphatic heterocycles. The number of benzene rings is 1. The van der Waals surface area contributed by atoms with Gasteiger partial charge in [-0.2, -0.15) is 0 Å². The molecule has 1 amide bonds. The monoisotopic (exact) mass is 306 g/mol. The number of rotatable bonds is 5. The number of carbonyl (C=O) groups is 1. The van der Waals surface area contributed by atoms with Crippen LogP contribution >= 0.6 is 11.6 Å². The smallest absolute Gasteiger partial charge is 0.220 e. The molecule has 0 radical (unpaired) electrons. The van der Waals surface area contributed by atoms with Crippen LogP contribution in [0.25, 0.3) is 0 Å². The lowest BCUT2D eigenvalue weighted by Gasteiger charge is -2.28. The van der Waals surface area contributed by atoms with E-state index in [1.165, 1.54) is 31.2 Å². The fourth-order valence-corrected chi connectivity index (χ4v) is 3.80. The minimum absolute atomic E-state index is 0.204. The maximum absolute atomic E-state index is 12.0. The largest absolute Gasteiger partial charge is 0.356 e. The molecule has 0 spiro atoms. The predicted molar refractivity (Wildman–Crippen MR) is 85.5 cm³/mol. The summed E-state index contributed by atoms with van der Waals surface area (Å²) in [6, 6.07) is 9.14. The van der Waals surface area contributed by atoms with Crippen molar-refractivity contribution in [3.8, 4) is 0 Å². The molecule has 0 aliphatic carbocycles. The Labute approximate surface area is 131 Å². The van der Waals surface area contributed by atoms with Gasteiger partial charge in [0, 0.05) is 30.1 Å². The first kappa shape index (κ1) is 14.9. The van der Waals surface area contributed by atoms with Crippen LogP contribution in [0.1, 0.15) is 37.7 Å². The number of halogens is 1. The molecule has 0 saturated carbocycles. The van der Waals surface area contributed by atoms with E-state index < -0.39 is 0 Å². The van der Waals surface area contributed by atoms with Crippen molar-refractivity contribution in [2.24, 2.45) is 5.92 Å². The Balaban J connectivity index is 1.37. The van der Waals surface area contributed by atoms with E-state index in [2.05, 4.69) is 10.6 Å². The quantitative estimate of drug-likeness (QED) is 0.878. The van der Waals surface area contributed by atoms with Crippen molar-refractivity contribution in [3.63, 3.8) is 0 Å². The Morgan fingerprint density at radius 2 is 1.86 bits per heavy atom. The highest BCUT2D eigenvalue weighted by atomic mass is 35.5. The van der Waals surface area contributed by atoms with Crippen molar-refractivity contribution in [2.75, 3.05) is 6.54 Å². The van der Waals surface area contributed by atoms with E-state index in [0.29, 0.717) is 31.0 Å². The Morgan fingerprint density at radius 1 is 1.19 bits per heavy atom. The summed E-state index contributed by atoms with van der Waals surface area (Å²) < 4.78 is 0. The van der Waals surface area contributed by atoms with Crippen molar-refractivity contribution in [1.82, 2.24) is 10.6 Å². The summed E-state index contributed by atoms with van der Waals surface area (Å²) in [5.74, 6) is 0.773. The lowest BCUT2D eigenvalue weighted by atomic mass is 9.89. The molecule has 0 aromatic heterocycles. The number of piperidine rings is 1. The highest BCUT2D eigenvalue weighted by Crippen LogP contribution is 2.32. The fraction of sp³-hybridized carbons (Fsp3) is 0.588. The van der Waals surface area contributed by atoms with E-state index >= 15 is 0 Å². The van der Waals surface area contributed by atoms with Gasteiger partial charge in [-0.1, -0.05) is 23.7 Å². The van der Waals surface area contributed by atoms with Gasteiger partial charge in [0.15, 0.2) is 0 Å². The molecule has 2 N–H and O–H groups in total. The third kappa shape index (κ3) is 4.21.